The van der Waals surface area contributed by atoms with Crippen molar-refractivity contribution in [3.63, 3.8) is 0 Å². The summed E-state index contributed by atoms with van der Waals surface area (Å²) in [6, 6.07) is 10.3. The van der Waals surface area contributed by atoms with Gasteiger partial charge >= 0.3 is 0 Å². The van der Waals surface area contributed by atoms with Gasteiger partial charge in [0, 0.05) is 32.1 Å². The predicted octanol–water partition coefficient (Wildman–Crippen LogP) is 1.52. The third-order valence-electron chi connectivity index (χ3n) is 2.90. The van der Waals surface area contributed by atoms with Crippen LogP contribution in [0.3, 0.4) is 0 Å². The summed E-state index contributed by atoms with van der Waals surface area (Å²) >= 11 is 0. The minimum Gasteiger partial charge on any atom is -0.367 e. The van der Waals surface area contributed by atoms with Gasteiger partial charge in [-0.2, -0.15) is 5.26 Å². The molecule has 0 bridgehead atoms. The fraction of sp³-hybridized carbons (Fsp3) is 0.133. The lowest BCUT2D eigenvalue weighted by molar-refractivity contribution is 0.0783. The number of hydrogen-bond donors (Lipinski definition) is 1. The fourth-order valence-corrected chi connectivity index (χ4v) is 1.82. The molecule has 0 aliphatic carbocycles. The summed E-state index contributed by atoms with van der Waals surface area (Å²) in [7, 11) is 1.63. The van der Waals surface area contributed by atoms with Crippen LogP contribution in [0.5, 0.6) is 0 Å². The van der Waals surface area contributed by atoms with Gasteiger partial charge in [0.2, 0.25) is 0 Å². The van der Waals surface area contributed by atoms with Crippen LogP contribution in [0.25, 0.3) is 0 Å². The van der Waals surface area contributed by atoms with Gasteiger partial charge in [0.1, 0.15) is 5.56 Å². The molecule has 5 nitrogen and oxygen atoms in total. The maximum Gasteiger partial charge on any atom is 0.259 e. The molecule has 0 aliphatic heterocycles. The number of amides is 1. The van der Waals surface area contributed by atoms with Crippen molar-refractivity contribution in [1.29, 1.82) is 5.26 Å². The molecule has 1 amide bonds. The number of pyridine rings is 1. The summed E-state index contributed by atoms with van der Waals surface area (Å²) in [5, 5.41) is 8.73. The summed E-state index contributed by atoms with van der Waals surface area (Å²) in [5.41, 5.74) is 1.28. The van der Waals surface area contributed by atoms with Crippen LogP contribution in [-0.4, -0.2) is 22.8 Å². The van der Waals surface area contributed by atoms with E-state index in [4.69, 9.17) is 5.26 Å². The quantitative estimate of drug-likeness (QED) is 0.915. The number of rotatable bonds is 3. The minimum atomic E-state index is -0.337. The van der Waals surface area contributed by atoms with E-state index in [9.17, 15) is 9.59 Å². The lowest BCUT2D eigenvalue weighted by Gasteiger charge is -2.16. The summed E-state index contributed by atoms with van der Waals surface area (Å²) in [6.07, 6.45) is 2.89. The van der Waals surface area contributed by atoms with E-state index in [0.29, 0.717) is 12.1 Å². The Kier molecular flexibility index (Phi) is 3.96. The third-order valence-corrected chi connectivity index (χ3v) is 2.90. The van der Waals surface area contributed by atoms with E-state index in [1.807, 2.05) is 6.07 Å². The molecule has 2 rings (SSSR count). The van der Waals surface area contributed by atoms with Gasteiger partial charge in [-0.3, -0.25) is 9.59 Å². The van der Waals surface area contributed by atoms with Crippen LogP contribution in [0.15, 0.2) is 47.5 Å². The lowest BCUT2D eigenvalue weighted by Crippen LogP contribution is -2.30. The van der Waals surface area contributed by atoms with Crippen molar-refractivity contribution in [3.8, 4) is 6.07 Å². The van der Waals surface area contributed by atoms with Crippen molar-refractivity contribution in [2.24, 2.45) is 0 Å². The molecule has 1 heterocycles. The van der Waals surface area contributed by atoms with Gasteiger partial charge in [0.15, 0.2) is 5.43 Å². The highest BCUT2D eigenvalue weighted by molar-refractivity contribution is 5.93. The number of nitrogens with one attached hydrogen (secondary N) is 1. The molecule has 0 spiro atoms. The maximum atomic E-state index is 12.1. The molecule has 0 aliphatic rings. The van der Waals surface area contributed by atoms with E-state index in [2.05, 4.69) is 4.98 Å². The molecule has 1 aromatic carbocycles. The average Bonchev–Trinajstić information content (AvgIpc) is 2.48. The molecule has 1 N–H and O–H groups in total. The smallest absolute Gasteiger partial charge is 0.259 e. The first-order valence-electron chi connectivity index (χ1n) is 6.03. The van der Waals surface area contributed by atoms with Crippen molar-refractivity contribution in [2.45, 2.75) is 6.54 Å². The summed E-state index contributed by atoms with van der Waals surface area (Å²) in [5.74, 6) is -0.337. The van der Waals surface area contributed by atoms with Crippen molar-refractivity contribution < 1.29 is 4.79 Å². The summed E-state index contributed by atoms with van der Waals surface area (Å²) in [6.45, 7) is 0.374. The maximum absolute atomic E-state index is 12.1. The predicted molar refractivity (Wildman–Crippen MR) is 74.0 cm³/mol. The van der Waals surface area contributed by atoms with Crippen molar-refractivity contribution in [2.75, 3.05) is 7.05 Å². The Balaban J connectivity index is 2.14. The second-order valence-electron chi connectivity index (χ2n) is 4.39. The molecule has 0 fully saturated rings. The van der Waals surface area contributed by atoms with Gasteiger partial charge in [-0.25, -0.2) is 0 Å². The topological polar surface area (TPSA) is 77.0 Å². The van der Waals surface area contributed by atoms with Gasteiger partial charge in [0.25, 0.3) is 5.91 Å². The molecule has 0 saturated carbocycles. The Bertz CT molecular complexity index is 711. The first kappa shape index (κ1) is 13.6. The Hall–Kier alpha value is -2.87. The number of nitriles is 1. The molecule has 5 heteroatoms. The standard InChI is InChI=1S/C15H13N3O2/c1-18(10-12-4-2-11(8-16)3-5-12)15(20)13-9-17-7-6-14(13)19/h2-7,9H,10H2,1H3,(H,17,19). The first-order valence-corrected chi connectivity index (χ1v) is 6.03. The Morgan fingerprint density at radius 1 is 1.30 bits per heavy atom. The molecule has 0 radical (unpaired) electrons. The molecule has 0 atom stereocenters. The van der Waals surface area contributed by atoms with E-state index in [1.165, 1.54) is 23.4 Å². The van der Waals surface area contributed by atoms with E-state index in [0.717, 1.165) is 5.56 Å². The fourth-order valence-electron chi connectivity index (χ4n) is 1.82. The van der Waals surface area contributed by atoms with Crippen LogP contribution in [0.2, 0.25) is 0 Å². The van der Waals surface area contributed by atoms with Crippen LogP contribution in [0.4, 0.5) is 0 Å². The second kappa shape index (κ2) is 5.85. The Morgan fingerprint density at radius 3 is 2.60 bits per heavy atom. The molecule has 1 aromatic heterocycles. The van der Waals surface area contributed by atoms with Gasteiger partial charge < -0.3 is 9.88 Å². The molecule has 20 heavy (non-hydrogen) atoms. The van der Waals surface area contributed by atoms with E-state index < -0.39 is 0 Å². The normalized spacial score (nSPS) is 9.80. The number of hydrogen-bond acceptors (Lipinski definition) is 3. The zero-order chi connectivity index (χ0) is 14.5. The third kappa shape index (κ3) is 2.93. The minimum absolute atomic E-state index is 0.114. The molecule has 0 saturated heterocycles. The number of carbonyl (C=O) groups is 1. The Morgan fingerprint density at radius 2 is 2.00 bits per heavy atom. The van der Waals surface area contributed by atoms with E-state index in [1.54, 1.807) is 31.3 Å². The molecule has 100 valence electrons. The number of H-pyrrole nitrogens is 1. The molecule has 2 aromatic rings. The van der Waals surface area contributed by atoms with Crippen LogP contribution in [-0.2, 0) is 6.54 Å². The van der Waals surface area contributed by atoms with Crippen LogP contribution >= 0.6 is 0 Å². The number of aromatic amines is 1. The van der Waals surface area contributed by atoms with E-state index >= 15 is 0 Å². The monoisotopic (exact) mass is 267 g/mol. The number of nitrogens with zero attached hydrogens (tertiary/aromatic N) is 2. The lowest BCUT2D eigenvalue weighted by atomic mass is 10.1. The largest absolute Gasteiger partial charge is 0.367 e. The zero-order valence-electron chi connectivity index (χ0n) is 11.0. The Labute approximate surface area is 116 Å². The van der Waals surface area contributed by atoms with Crippen LogP contribution in [0, 0.1) is 11.3 Å². The highest BCUT2D eigenvalue weighted by Gasteiger charge is 2.14. The first-order chi connectivity index (χ1) is 9.61. The van der Waals surface area contributed by atoms with Crippen molar-refractivity contribution in [3.05, 3.63) is 69.6 Å². The zero-order valence-corrected chi connectivity index (χ0v) is 11.0. The number of carbonyl (C=O) groups excluding carboxylic acids is 1. The highest BCUT2D eigenvalue weighted by atomic mass is 16.2. The molecular formula is C15H13N3O2. The summed E-state index contributed by atoms with van der Waals surface area (Å²) in [4.78, 5) is 27.9. The van der Waals surface area contributed by atoms with Crippen molar-refractivity contribution >= 4 is 5.91 Å². The van der Waals surface area contributed by atoms with Gasteiger partial charge in [-0.1, -0.05) is 12.1 Å². The van der Waals surface area contributed by atoms with Gasteiger partial charge in [0.05, 0.1) is 11.6 Å². The van der Waals surface area contributed by atoms with Crippen LogP contribution < -0.4 is 5.43 Å². The molecule has 0 unspecified atom stereocenters. The second-order valence-corrected chi connectivity index (χ2v) is 4.39. The van der Waals surface area contributed by atoms with E-state index in [-0.39, 0.29) is 16.9 Å². The van der Waals surface area contributed by atoms with Gasteiger partial charge in [-0.05, 0) is 17.7 Å². The average molecular weight is 267 g/mol. The number of benzene rings is 1. The SMILES string of the molecule is CN(Cc1ccc(C#N)cc1)C(=O)c1c[nH]ccc1=O. The van der Waals surface area contributed by atoms with Crippen LogP contribution in [0.1, 0.15) is 21.5 Å². The van der Waals surface area contributed by atoms with Crippen molar-refractivity contribution in [1.82, 2.24) is 9.88 Å². The highest BCUT2D eigenvalue weighted by Crippen LogP contribution is 2.07. The van der Waals surface area contributed by atoms with Gasteiger partial charge in [-0.15, -0.1) is 0 Å². The summed E-state index contributed by atoms with van der Waals surface area (Å²) < 4.78 is 0. The molecular weight excluding hydrogens is 254 g/mol. The number of aromatic nitrogens is 1.